The topological polar surface area (TPSA) is 70.1 Å². The van der Waals surface area contributed by atoms with Gasteiger partial charge in [0.05, 0.1) is 0 Å². The third-order valence-corrected chi connectivity index (χ3v) is 6.10. The van der Waals surface area contributed by atoms with Crippen LogP contribution in [-0.2, 0) is 11.2 Å². The summed E-state index contributed by atoms with van der Waals surface area (Å²) in [7, 11) is 0. The number of hydrogen-bond acceptors (Lipinski definition) is 4. The molecule has 1 aliphatic carbocycles. The first-order valence-corrected chi connectivity index (χ1v) is 12.2. The lowest BCUT2D eigenvalue weighted by Crippen LogP contribution is -2.52. The van der Waals surface area contributed by atoms with E-state index in [1.165, 1.54) is 24.0 Å². The van der Waals surface area contributed by atoms with Crippen molar-refractivity contribution < 1.29 is 9.53 Å². The number of carbonyl (C=O) groups is 1. The van der Waals surface area contributed by atoms with Gasteiger partial charge in [0.1, 0.15) is 5.60 Å². The molecule has 3 rings (SSSR count). The lowest BCUT2D eigenvalue weighted by molar-refractivity contribution is 0.00928. The minimum atomic E-state index is -0.461. The molecule has 1 N–H and O–H groups in total. The summed E-state index contributed by atoms with van der Waals surface area (Å²) in [6.45, 7) is 14.2. The molecule has 1 amide bonds. The Balaban J connectivity index is 1.58. The SMILES string of the molecule is CCNC(=NCCc1ccncc1C)N1CCC(N(CC2CC2)C(=O)OC(C)(C)C)CC1. The van der Waals surface area contributed by atoms with Crippen LogP contribution in [0.5, 0.6) is 0 Å². The summed E-state index contributed by atoms with van der Waals surface area (Å²) in [5, 5.41) is 3.45. The van der Waals surface area contributed by atoms with E-state index in [0.717, 1.165) is 57.9 Å². The molecule has 1 aliphatic heterocycles. The van der Waals surface area contributed by atoms with Crippen molar-refractivity contribution in [1.29, 1.82) is 0 Å². The first kappa shape index (κ1) is 24.3. The second-order valence-corrected chi connectivity index (χ2v) is 10.1. The maximum Gasteiger partial charge on any atom is 0.410 e. The van der Waals surface area contributed by atoms with Crippen molar-refractivity contribution in [3.8, 4) is 0 Å². The highest BCUT2D eigenvalue weighted by Crippen LogP contribution is 2.32. The second-order valence-electron chi connectivity index (χ2n) is 10.1. The van der Waals surface area contributed by atoms with Crippen molar-refractivity contribution in [3.05, 3.63) is 29.6 Å². The van der Waals surface area contributed by atoms with Gasteiger partial charge in [0.25, 0.3) is 0 Å². The zero-order chi connectivity index (χ0) is 23.1. The molecule has 0 unspecified atom stereocenters. The fourth-order valence-corrected chi connectivity index (χ4v) is 4.15. The molecule has 2 fully saturated rings. The number of amides is 1. The summed E-state index contributed by atoms with van der Waals surface area (Å²) in [6, 6.07) is 2.32. The van der Waals surface area contributed by atoms with Gasteiger partial charge in [-0.25, -0.2) is 4.79 Å². The molecular formula is C25H41N5O2. The van der Waals surface area contributed by atoms with Gasteiger partial charge in [-0.2, -0.15) is 0 Å². The fourth-order valence-electron chi connectivity index (χ4n) is 4.15. The van der Waals surface area contributed by atoms with Crippen molar-refractivity contribution >= 4 is 12.1 Å². The van der Waals surface area contributed by atoms with Crippen LogP contribution in [-0.4, -0.2) is 71.2 Å². The molecule has 32 heavy (non-hydrogen) atoms. The molecule has 0 aromatic carbocycles. The fraction of sp³-hybridized carbons (Fsp3) is 0.720. The summed E-state index contributed by atoms with van der Waals surface area (Å²) in [5.74, 6) is 1.62. The molecule has 0 spiro atoms. The number of pyridine rings is 1. The van der Waals surface area contributed by atoms with Gasteiger partial charge in [-0.05, 0) is 89.8 Å². The van der Waals surface area contributed by atoms with Gasteiger partial charge in [-0.3, -0.25) is 9.98 Å². The predicted molar refractivity (Wildman–Crippen MR) is 129 cm³/mol. The molecule has 7 nitrogen and oxygen atoms in total. The van der Waals surface area contributed by atoms with E-state index in [9.17, 15) is 4.79 Å². The highest BCUT2D eigenvalue weighted by atomic mass is 16.6. The van der Waals surface area contributed by atoms with Crippen LogP contribution in [0.4, 0.5) is 4.79 Å². The summed E-state index contributed by atoms with van der Waals surface area (Å²) in [4.78, 5) is 26.3. The lowest BCUT2D eigenvalue weighted by Gasteiger charge is -2.40. The molecule has 178 valence electrons. The number of aliphatic imine (C=N–C) groups is 1. The molecule has 2 heterocycles. The molecule has 0 radical (unpaired) electrons. The zero-order valence-electron chi connectivity index (χ0n) is 20.6. The normalized spacial score (nSPS) is 17.9. The van der Waals surface area contributed by atoms with Crippen LogP contribution in [0.25, 0.3) is 0 Å². The zero-order valence-corrected chi connectivity index (χ0v) is 20.6. The van der Waals surface area contributed by atoms with Gasteiger partial charge in [0.2, 0.25) is 0 Å². The first-order valence-electron chi connectivity index (χ1n) is 12.2. The van der Waals surface area contributed by atoms with Crippen LogP contribution in [0.3, 0.4) is 0 Å². The summed E-state index contributed by atoms with van der Waals surface area (Å²) < 4.78 is 5.73. The third-order valence-electron chi connectivity index (χ3n) is 6.10. The highest BCUT2D eigenvalue weighted by Gasteiger charge is 2.35. The number of aryl methyl sites for hydroxylation is 1. The Bertz CT molecular complexity index is 777. The van der Waals surface area contributed by atoms with Crippen LogP contribution in [0.1, 0.15) is 64.5 Å². The largest absolute Gasteiger partial charge is 0.444 e. The molecule has 0 atom stereocenters. The van der Waals surface area contributed by atoms with Gasteiger partial charge in [-0.15, -0.1) is 0 Å². The van der Waals surface area contributed by atoms with E-state index in [1.54, 1.807) is 0 Å². The third kappa shape index (κ3) is 7.38. The van der Waals surface area contributed by atoms with Crippen molar-refractivity contribution in [1.82, 2.24) is 20.1 Å². The molecule has 0 bridgehead atoms. The number of ether oxygens (including phenoxy) is 1. The summed E-state index contributed by atoms with van der Waals surface area (Å²) >= 11 is 0. The minimum Gasteiger partial charge on any atom is -0.444 e. The number of nitrogens with one attached hydrogen (secondary N) is 1. The second kappa shape index (κ2) is 11.0. The highest BCUT2D eigenvalue weighted by molar-refractivity contribution is 5.80. The number of piperidine rings is 1. The van der Waals surface area contributed by atoms with Gasteiger partial charge < -0.3 is 19.9 Å². The molecule has 1 aromatic heterocycles. The van der Waals surface area contributed by atoms with Gasteiger partial charge in [-0.1, -0.05) is 0 Å². The number of aromatic nitrogens is 1. The first-order chi connectivity index (χ1) is 15.3. The van der Waals surface area contributed by atoms with Crippen LogP contribution >= 0.6 is 0 Å². The van der Waals surface area contributed by atoms with Crippen LogP contribution in [0.15, 0.2) is 23.5 Å². The molecule has 1 aromatic rings. The van der Waals surface area contributed by atoms with E-state index in [-0.39, 0.29) is 12.1 Å². The Hall–Kier alpha value is -2.31. The maximum atomic E-state index is 12.9. The average molecular weight is 444 g/mol. The number of guanidine groups is 1. The van der Waals surface area contributed by atoms with E-state index in [4.69, 9.17) is 9.73 Å². The molecule has 2 aliphatic rings. The summed E-state index contributed by atoms with van der Waals surface area (Å²) in [6.07, 6.45) is 8.86. The molecule has 1 saturated heterocycles. The number of nitrogens with zero attached hydrogens (tertiary/aromatic N) is 4. The standard InChI is InChI=1S/C25H41N5O2/c1-6-27-23(28-14-10-21-9-13-26-17-19(21)2)29-15-11-22(12-16-29)30(18-20-7-8-20)24(31)32-25(3,4)5/h9,13,17,20,22H,6-8,10-12,14-16,18H2,1-5H3,(H,27,28). The molecule has 7 heteroatoms. The Morgan fingerprint density at radius 2 is 2.00 bits per heavy atom. The lowest BCUT2D eigenvalue weighted by atomic mass is 10.0. The smallest absolute Gasteiger partial charge is 0.410 e. The van der Waals surface area contributed by atoms with E-state index < -0.39 is 5.60 Å². The van der Waals surface area contributed by atoms with Crippen molar-refractivity contribution in [2.24, 2.45) is 10.9 Å². The quantitative estimate of drug-likeness (QED) is 0.509. The van der Waals surface area contributed by atoms with Crippen molar-refractivity contribution in [2.45, 2.75) is 78.4 Å². The monoisotopic (exact) mass is 443 g/mol. The Labute approximate surface area is 193 Å². The van der Waals surface area contributed by atoms with Crippen LogP contribution in [0, 0.1) is 12.8 Å². The molecule has 1 saturated carbocycles. The number of carbonyl (C=O) groups excluding carboxylic acids is 1. The number of rotatable bonds is 7. The van der Waals surface area contributed by atoms with Crippen molar-refractivity contribution in [2.75, 3.05) is 32.7 Å². The summed E-state index contributed by atoms with van der Waals surface area (Å²) in [5.41, 5.74) is 2.05. The van der Waals surface area contributed by atoms with E-state index in [2.05, 4.69) is 35.1 Å². The van der Waals surface area contributed by atoms with Gasteiger partial charge in [0.15, 0.2) is 5.96 Å². The Kier molecular flexibility index (Phi) is 8.38. The van der Waals surface area contributed by atoms with Crippen LogP contribution in [0.2, 0.25) is 0 Å². The Morgan fingerprint density at radius 1 is 1.28 bits per heavy atom. The van der Waals surface area contributed by atoms with E-state index in [1.807, 2.05) is 38.1 Å². The molecular weight excluding hydrogens is 402 g/mol. The number of likely N-dealkylation sites (tertiary alicyclic amines) is 1. The Morgan fingerprint density at radius 3 is 2.59 bits per heavy atom. The number of hydrogen-bond donors (Lipinski definition) is 1. The van der Waals surface area contributed by atoms with Crippen molar-refractivity contribution in [3.63, 3.8) is 0 Å². The van der Waals surface area contributed by atoms with Gasteiger partial charge >= 0.3 is 6.09 Å². The minimum absolute atomic E-state index is 0.156. The van der Waals surface area contributed by atoms with E-state index >= 15 is 0 Å². The maximum absolute atomic E-state index is 12.9. The van der Waals surface area contributed by atoms with E-state index in [0.29, 0.717) is 5.92 Å². The predicted octanol–water partition coefficient (Wildman–Crippen LogP) is 4.01. The van der Waals surface area contributed by atoms with Gasteiger partial charge in [0, 0.05) is 51.2 Å². The van der Waals surface area contributed by atoms with Crippen LogP contribution < -0.4 is 5.32 Å². The average Bonchev–Trinajstić information content (AvgIpc) is 3.56.